The highest BCUT2D eigenvalue weighted by Crippen LogP contribution is 2.39. The molecule has 0 aliphatic carbocycles. The number of nitrogens with zero attached hydrogens (tertiary/aromatic N) is 3. The van der Waals surface area contributed by atoms with E-state index in [1.165, 1.54) is 43.6 Å². The number of sulfonamides is 1. The summed E-state index contributed by atoms with van der Waals surface area (Å²) in [4.78, 5) is 10.5. The molecule has 0 spiro atoms. The van der Waals surface area contributed by atoms with E-state index < -0.39 is 39.5 Å². The molecule has 0 bridgehead atoms. The topological polar surface area (TPSA) is 94.1 Å². The molecule has 4 aromatic rings. The van der Waals surface area contributed by atoms with Crippen molar-refractivity contribution in [2.45, 2.75) is 17.2 Å². The summed E-state index contributed by atoms with van der Waals surface area (Å²) in [5, 5.41) is 0.749. The molecule has 0 aliphatic rings. The smallest absolute Gasteiger partial charge is 0.433 e. The molecule has 0 fully saturated rings. The molecule has 2 heterocycles. The molecule has 0 unspecified atom stereocenters. The molecule has 1 N–H and O–H groups in total. The molecule has 14 heteroatoms. The number of hydrogen-bond acceptors (Lipinski definition) is 6. The maximum absolute atomic E-state index is 13.1. The Kier molecular flexibility index (Phi) is 6.24. The standard InChI is InChI=1S/C22H14F6N4O3S/c1-35-17-9-13(21(23,24)25)2-4-16(17)20-15-5-3-14(8-12(15)6-7-29-20)36(33,34)32-19-10-18(22(26,27)28)30-11-31-19/h2-11H,1H3,(H,30,31,32). The first-order chi connectivity index (χ1) is 16.8. The lowest BCUT2D eigenvalue weighted by Crippen LogP contribution is -2.16. The summed E-state index contributed by atoms with van der Waals surface area (Å²) in [6, 6.07) is 8.63. The van der Waals surface area contributed by atoms with E-state index in [1.807, 2.05) is 4.72 Å². The first-order valence-corrected chi connectivity index (χ1v) is 11.3. The lowest BCUT2D eigenvalue weighted by atomic mass is 10.0. The average Bonchev–Trinajstić information content (AvgIpc) is 2.81. The molecular formula is C22H14F6N4O3S. The van der Waals surface area contributed by atoms with Gasteiger partial charge < -0.3 is 4.74 Å². The number of aromatic nitrogens is 3. The molecule has 2 aromatic heterocycles. The minimum atomic E-state index is -4.80. The van der Waals surface area contributed by atoms with Gasteiger partial charge in [-0.3, -0.25) is 9.71 Å². The number of rotatable bonds is 5. The van der Waals surface area contributed by atoms with Gasteiger partial charge in [-0.15, -0.1) is 0 Å². The van der Waals surface area contributed by atoms with Crippen LogP contribution in [0.3, 0.4) is 0 Å². The van der Waals surface area contributed by atoms with E-state index >= 15 is 0 Å². The van der Waals surface area contributed by atoms with Crippen molar-refractivity contribution in [3.8, 4) is 17.0 Å². The largest absolute Gasteiger partial charge is 0.496 e. The normalized spacial score (nSPS) is 12.5. The highest BCUT2D eigenvalue weighted by Gasteiger charge is 2.33. The Bertz CT molecular complexity index is 1560. The van der Waals surface area contributed by atoms with Crippen molar-refractivity contribution < 1.29 is 39.5 Å². The van der Waals surface area contributed by atoms with E-state index in [4.69, 9.17) is 4.74 Å². The fourth-order valence-corrected chi connectivity index (χ4v) is 4.40. The third-order valence-electron chi connectivity index (χ3n) is 5.03. The van der Waals surface area contributed by atoms with Crippen LogP contribution in [0.4, 0.5) is 32.2 Å². The number of hydrogen-bond donors (Lipinski definition) is 1. The number of pyridine rings is 1. The summed E-state index contributed by atoms with van der Waals surface area (Å²) < 4.78 is 111. The minimum absolute atomic E-state index is 0.0904. The number of benzene rings is 2. The first kappa shape index (κ1) is 25.2. The van der Waals surface area contributed by atoms with E-state index in [0.717, 1.165) is 12.1 Å². The van der Waals surface area contributed by atoms with Crippen LogP contribution in [0.2, 0.25) is 0 Å². The van der Waals surface area contributed by atoms with Crippen LogP contribution in [-0.4, -0.2) is 30.5 Å². The fourth-order valence-electron chi connectivity index (χ4n) is 3.37. The summed E-state index contributed by atoms with van der Waals surface area (Å²) in [6.07, 6.45) is -7.47. The van der Waals surface area contributed by atoms with Crippen molar-refractivity contribution in [2.24, 2.45) is 0 Å². The zero-order chi connectivity index (χ0) is 26.3. The van der Waals surface area contributed by atoms with Crippen molar-refractivity contribution in [1.82, 2.24) is 15.0 Å². The Morgan fingerprint density at radius 2 is 1.61 bits per heavy atom. The SMILES string of the molecule is COc1cc(C(F)(F)F)ccc1-c1nccc2cc(S(=O)(=O)Nc3cc(C(F)(F)F)ncn3)ccc12. The molecule has 4 rings (SSSR count). The number of methoxy groups -OCH3 is 1. The van der Waals surface area contributed by atoms with E-state index in [1.54, 1.807) is 0 Å². The van der Waals surface area contributed by atoms with E-state index in [0.29, 0.717) is 23.2 Å². The summed E-state index contributed by atoms with van der Waals surface area (Å²) in [6.45, 7) is 0. The Morgan fingerprint density at radius 1 is 0.861 bits per heavy atom. The molecular weight excluding hydrogens is 514 g/mol. The fraction of sp³-hybridized carbons (Fsp3) is 0.136. The van der Waals surface area contributed by atoms with Gasteiger partial charge >= 0.3 is 12.4 Å². The van der Waals surface area contributed by atoms with Crippen molar-refractivity contribution in [2.75, 3.05) is 11.8 Å². The number of ether oxygens (including phenoxy) is 1. The van der Waals surface area contributed by atoms with Gasteiger partial charge in [0.2, 0.25) is 0 Å². The van der Waals surface area contributed by atoms with Gasteiger partial charge in [0, 0.05) is 23.2 Å². The second-order valence-corrected chi connectivity index (χ2v) is 9.03. The Labute approximate surface area is 199 Å². The van der Waals surface area contributed by atoms with Gasteiger partial charge in [0.05, 0.1) is 23.3 Å². The van der Waals surface area contributed by atoms with Gasteiger partial charge in [0.25, 0.3) is 10.0 Å². The number of nitrogens with one attached hydrogen (secondary N) is 1. The maximum atomic E-state index is 13.1. The average molecular weight is 528 g/mol. The summed E-state index contributed by atoms with van der Waals surface area (Å²) >= 11 is 0. The van der Waals surface area contributed by atoms with Crippen molar-refractivity contribution in [1.29, 1.82) is 0 Å². The summed E-state index contributed by atoms with van der Waals surface area (Å²) in [7, 11) is -3.15. The Balaban J connectivity index is 1.73. The summed E-state index contributed by atoms with van der Waals surface area (Å²) in [5.41, 5.74) is -1.76. The predicted molar refractivity (Wildman–Crippen MR) is 117 cm³/mol. The molecule has 0 saturated carbocycles. The van der Waals surface area contributed by atoms with E-state index in [2.05, 4.69) is 15.0 Å². The number of alkyl halides is 6. The van der Waals surface area contributed by atoms with Crippen LogP contribution in [0.5, 0.6) is 5.75 Å². The lowest BCUT2D eigenvalue weighted by Gasteiger charge is -2.14. The second kappa shape index (κ2) is 8.93. The van der Waals surface area contributed by atoms with Crippen LogP contribution in [-0.2, 0) is 22.4 Å². The Morgan fingerprint density at radius 3 is 2.28 bits per heavy atom. The first-order valence-electron chi connectivity index (χ1n) is 9.86. The zero-order valence-electron chi connectivity index (χ0n) is 18.0. The molecule has 0 radical (unpaired) electrons. The quantitative estimate of drug-likeness (QED) is 0.342. The minimum Gasteiger partial charge on any atom is -0.496 e. The molecule has 0 aliphatic heterocycles. The van der Waals surface area contributed by atoms with Crippen LogP contribution in [0.1, 0.15) is 11.3 Å². The molecule has 188 valence electrons. The van der Waals surface area contributed by atoms with Crippen molar-refractivity contribution >= 4 is 26.6 Å². The monoisotopic (exact) mass is 528 g/mol. The van der Waals surface area contributed by atoms with Gasteiger partial charge in [0.1, 0.15) is 23.6 Å². The second-order valence-electron chi connectivity index (χ2n) is 7.35. The van der Waals surface area contributed by atoms with Crippen LogP contribution in [0.25, 0.3) is 22.0 Å². The van der Waals surface area contributed by atoms with Crippen molar-refractivity contribution in [3.63, 3.8) is 0 Å². The third kappa shape index (κ3) is 5.03. The van der Waals surface area contributed by atoms with Crippen molar-refractivity contribution in [3.05, 3.63) is 72.3 Å². The predicted octanol–water partition coefficient (Wildman–Crippen LogP) is 5.54. The van der Waals surface area contributed by atoms with Gasteiger partial charge in [0.15, 0.2) is 0 Å². The number of halogens is 6. The molecule has 0 saturated heterocycles. The van der Waals surface area contributed by atoms with Crippen LogP contribution < -0.4 is 9.46 Å². The van der Waals surface area contributed by atoms with Gasteiger partial charge in [-0.2, -0.15) is 26.3 Å². The zero-order valence-corrected chi connectivity index (χ0v) is 18.8. The maximum Gasteiger partial charge on any atom is 0.433 e. The van der Waals surface area contributed by atoms with Crippen LogP contribution in [0, 0.1) is 0 Å². The van der Waals surface area contributed by atoms with Gasteiger partial charge in [-0.25, -0.2) is 18.4 Å². The lowest BCUT2D eigenvalue weighted by molar-refractivity contribution is -0.141. The van der Waals surface area contributed by atoms with Gasteiger partial charge in [-0.1, -0.05) is 6.07 Å². The Hall–Kier alpha value is -3.94. The number of fused-ring (bicyclic) bond motifs is 1. The molecule has 0 amide bonds. The molecule has 2 aromatic carbocycles. The highest BCUT2D eigenvalue weighted by molar-refractivity contribution is 7.92. The molecule has 0 atom stereocenters. The van der Waals surface area contributed by atoms with Crippen LogP contribution >= 0.6 is 0 Å². The van der Waals surface area contributed by atoms with E-state index in [-0.39, 0.29) is 21.9 Å². The molecule has 36 heavy (non-hydrogen) atoms. The highest BCUT2D eigenvalue weighted by atomic mass is 32.2. The summed E-state index contributed by atoms with van der Waals surface area (Å²) in [5.74, 6) is -0.672. The third-order valence-corrected chi connectivity index (χ3v) is 6.38. The van der Waals surface area contributed by atoms with Crippen LogP contribution in [0.15, 0.2) is 66.0 Å². The van der Waals surface area contributed by atoms with E-state index in [9.17, 15) is 34.8 Å². The van der Waals surface area contributed by atoms with Gasteiger partial charge in [-0.05, 0) is 41.8 Å². The number of anilines is 1. The molecule has 7 nitrogen and oxygen atoms in total.